The summed E-state index contributed by atoms with van der Waals surface area (Å²) >= 11 is 0. The van der Waals surface area contributed by atoms with Gasteiger partial charge in [0.1, 0.15) is 26.2 Å². The van der Waals surface area contributed by atoms with Crippen LogP contribution >= 0.6 is 0 Å². The molecular weight excluding hydrogens is 386 g/mol. The van der Waals surface area contributed by atoms with Crippen molar-refractivity contribution in [1.82, 2.24) is 5.32 Å². The van der Waals surface area contributed by atoms with Crippen molar-refractivity contribution in [3.8, 4) is 0 Å². The summed E-state index contributed by atoms with van der Waals surface area (Å²) in [6.07, 6.45) is 0. The van der Waals surface area contributed by atoms with Crippen molar-refractivity contribution in [2.75, 3.05) is 39.9 Å². The molecule has 2 aromatic carbocycles. The average molecular weight is 426 g/mol. The summed E-state index contributed by atoms with van der Waals surface area (Å²) in [6, 6.07) is 17.4. The molecule has 0 spiro atoms. The van der Waals surface area contributed by atoms with Crippen molar-refractivity contribution in [1.29, 1.82) is 0 Å². The van der Waals surface area contributed by atoms with Crippen LogP contribution in [-0.2, 0) is 34.6 Å². The van der Waals surface area contributed by atoms with Crippen LogP contribution in [0.4, 0.5) is 0 Å². The first kappa shape index (κ1) is 23.5. The smallest absolute Gasteiger partial charge is 0.275 e. The van der Waals surface area contributed by atoms with E-state index in [0.717, 1.165) is 45.0 Å². The Morgan fingerprint density at radius 3 is 2.16 bits per heavy atom. The monoisotopic (exact) mass is 425 g/mol. The highest BCUT2D eigenvalue weighted by Crippen LogP contribution is 2.21. The number of amides is 1. The maximum absolute atomic E-state index is 12.4. The van der Waals surface area contributed by atoms with Crippen molar-refractivity contribution in [3.63, 3.8) is 0 Å². The molecule has 0 radical (unpaired) electrons. The van der Waals surface area contributed by atoms with Crippen LogP contribution in [0.5, 0.6) is 0 Å². The SMILES string of the molecule is C[NH+](CC(=O)NCc1ccc(C[NH+]2CCOCC2)cc1)Cc1ccc(C(C)(C)C)cc1. The van der Waals surface area contributed by atoms with Gasteiger partial charge < -0.3 is 19.9 Å². The molecule has 1 aliphatic rings. The maximum Gasteiger partial charge on any atom is 0.275 e. The lowest BCUT2D eigenvalue weighted by atomic mass is 9.87. The van der Waals surface area contributed by atoms with E-state index in [1.54, 1.807) is 4.90 Å². The second-order valence-electron chi connectivity index (χ2n) is 9.89. The van der Waals surface area contributed by atoms with Crippen LogP contribution in [0.15, 0.2) is 48.5 Å². The molecule has 5 nitrogen and oxygen atoms in total. The molecule has 1 fully saturated rings. The first-order chi connectivity index (χ1) is 14.8. The van der Waals surface area contributed by atoms with Gasteiger partial charge in [-0.05, 0) is 16.5 Å². The predicted octanol–water partition coefficient (Wildman–Crippen LogP) is 0.730. The second kappa shape index (κ2) is 10.9. The standard InChI is InChI=1S/C26H37N3O2/c1-26(2,3)24-11-9-22(10-12-24)18-28(4)20-25(30)27-17-21-5-7-23(8-6-21)19-29-13-15-31-16-14-29/h5-12H,13-20H2,1-4H3,(H,27,30)/p+2. The molecule has 3 rings (SSSR count). The van der Waals surface area contributed by atoms with Crippen molar-refractivity contribution in [3.05, 3.63) is 70.8 Å². The van der Waals surface area contributed by atoms with Gasteiger partial charge in [0.25, 0.3) is 5.91 Å². The van der Waals surface area contributed by atoms with Gasteiger partial charge in [-0.3, -0.25) is 4.79 Å². The van der Waals surface area contributed by atoms with E-state index in [-0.39, 0.29) is 11.3 Å². The minimum Gasteiger partial charge on any atom is -0.370 e. The third-order valence-electron chi connectivity index (χ3n) is 5.95. The highest BCUT2D eigenvalue weighted by Gasteiger charge is 2.15. The van der Waals surface area contributed by atoms with E-state index in [2.05, 4.69) is 81.7 Å². The zero-order valence-electron chi connectivity index (χ0n) is 19.6. The van der Waals surface area contributed by atoms with Crippen LogP contribution in [0.1, 0.15) is 43.0 Å². The topological polar surface area (TPSA) is 47.2 Å². The number of benzene rings is 2. The molecule has 0 bridgehead atoms. The normalized spacial score (nSPS) is 16.1. The van der Waals surface area contributed by atoms with Crippen molar-refractivity contribution in [2.45, 2.75) is 45.8 Å². The average Bonchev–Trinajstić information content (AvgIpc) is 2.74. The summed E-state index contributed by atoms with van der Waals surface area (Å²) < 4.78 is 5.43. The summed E-state index contributed by atoms with van der Waals surface area (Å²) in [5.41, 5.74) is 5.25. The van der Waals surface area contributed by atoms with Crippen LogP contribution in [0.25, 0.3) is 0 Å². The molecule has 31 heavy (non-hydrogen) atoms. The number of nitrogens with one attached hydrogen (secondary N) is 3. The third-order valence-corrected chi connectivity index (χ3v) is 5.95. The second-order valence-corrected chi connectivity index (χ2v) is 9.89. The Morgan fingerprint density at radius 2 is 1.55 bits per heavy atom. The van der Waals surface area contributed by atoms with E-state index in [1.165, 1.54) is 21.6 Å². The first-order valence-corrected chi connectivity index (χ1v) is 11.5. The maximum atomic E-state index is 12.4. The number of likely N-dealkylation sites (N-methyl/N-ethyl adjacent to an activating group) is 1. The Morgan fingerprint density at radius 1 is 0.968 bits per heavy atom. The van der Waals surface area contributed by atoms with Gasteiger partial charge in [-0.15, -0.1) is 0 Å². The van der Waals surface area contributed by atoms with Crippen LogP contribution in [0.2, 0.25) is 0 Å². The molecule has 1 saturated heterocycles. The summed E-state index contributed by atoms with van der Waals surface area (Å²) in [7, 11) is 2.07. The number of rotatable bonds is 8. The first-order valence-electron chi connectivity index (χ1n) is 11.5. The zero-order valence-corrected chi connectivity index (χ0v) is 19.6. The molecule has 2 aromatic rings. The number of quaternary nitrogens is 2. The zero-order chi connectivity index (χ0) is 22.3. The summed E-state index contributed by atoms with van der Waals surface area (Å²) in [5.74, 6) is 0.0886. The summed E-state index contributed by atoms with van der Waals surface area (Å²) in [4.78, 5) is 15.1. The lowest BCUT2D eigenvalue weighted by Crippen LogP contribution is -3.12. The fourth-order valence-electron chi connectivity index (χ4n) is 3.97. The van der Waals surface area contributed by atoms with Gasteiger partial charge in [-0.25, -0.2) is 0 Å². The quantitative estimate of drug-likeness (QED) is 0.584. The molecule has 0 aromatic heterocycles. The van der Waals surface area contributed by atoms with Crippen molar-refractivity contribution in [2.24, 2.45) is 0 Å². The Hall–Kier alpha value is -2.21. The lowest BCUT2D eigenvalue weighted by molar-refractivity contribution is -0.921. The van der Waals surface area contributed by atoms with Gasteiger partial charge in [-0.1, -0.05) is 69.3 Å². The van der Waals surface area contributed by atoms with Gasteiger partial charge in [0, 0.05) is 17.7 Å². The molecule has 1 amide bonds. The van der Waals surface area contributed by atoms with E-state index >= 15 is 0 Å². The molecule has 1 heterocycles. The Balaban J connectivity index is 1.40. The van der Waals surface area contributed by atoms with Crippen LogP contribution in [0.3, 0.4) is 0 Å². The Kier molecular flexibility index (Phi) is 8.24. The van der Waals surface area contributed by atoms with E-state index in [4.69, 9.17) is 4.74 Å². The Bertz CT molecular complexity index is 819. The molecular formula is C26H39N3O2+2. The largest absolute Gasteiger partial charge is 0.370 e. The molecule has 1 atom stereocenters. The molecule has 5 heteroatoms. The van der Waals surface area contributed by atoms with Crippen molar-refractivity contribution >= 4 is 5.91 Å². The highest BCUT2D eigenvalue weighted by molar-refractivity contribution is 5.76. The number of hydrogen-bond donors (Lipinski definition) is 3. The van der Waals surface area contributed by atoms with Crippen molar-refractivity contribution < 1.29 is 19.3 Å². The highest BCUT2D eigenvalue weighted by atomic mass is 16.5. The Labute approximate surface area is 187 Å². The van der Waals surface area contributed by atoms with Gasteiger partial charge in [0.2, 0.25) is 0 Å². The molecule has 1 aliphatic heterocycles. The number of ether oxygens (including phenoxy) is 1. The van der Waals surface area contributed by atoms with Crippen LogP contribution in [-0.4, -0.2) is 45.8 Å². The van der Waals surface area contributed by atoms with Gasteiger partial charge in [0.05, 0.1) is 20.3 Å². The molecule has 168 valence electrons. The molecule has 0 saturated carbocycles. The number of hydrogen-bond acceptors (Lipinski definition) is 2. The van der Waals surface area contributed by atoms with E-state index in [1.807, 2.05) is 0 Å². The third kappa shape index (κ3) is 7.76. The minimum atomic E-state index is 0.0886. The fraction of sp³-hybridized carbons (Fsp3) is 0.500. The van der Waals surface area contributed by atoms with Gasteiger partial charge in [0.15, 0.2) is 6.54 Å². The number of morpholine rings is 1. The van der Waals surface area contributed by atoms with Crippen LogP contribution < -0.4 is 15.1 Å². The summed E-state index contributed by atoms with van der Waals surface area (Å²) in [5, 5.41) is 3.06. The molecule has 0 aliphatic carbocycles. The van der Waals surface area contributed by atoms with Gasteiger partial charge in [-0.2, -0.15) is 0 Å². The van der Waals surface area contributed by atoms with Gasteiger partial charge >= 0.3 is 0 Å². The van der Waals surface area contributed by atoms with Crippen LogP contribution in [0, 0.1) is 0 Å². The molecule has 3 N–H and O–H groups in total. The van der Waals surface area contributed by atoms with E-state index in [0.29, 0.717) is 13.1 Å². The number of carbonyl (C=O) groups is 1. The fourth-order valence-corrected chi connectivity index (χ4v) is 3.97. The summed E-state index contributed by atoms with van der Waals surface area (Å²) in [6.45, 7) is 13.5. The predicted molar refractivity (Wildman–Crippen MR) is 124 cm³/mol. The molecule has 1 unspecified atom stereocenters. The number of carbonyl (C=O) groups excluding carboxylic acids is 1. The van der Waals surface area contributed by atoms with E-state index < -0.39 is 0 Å². The van der Waals surface area contributed by atoms with E-state index in [9.17, 15) is 4.79 Å². The minimum absolute atomic E-state index is 0.0886. The lowest BCUT2D eigenvalue weighted by Gasteiger charge is -2.23.